The Labute approximate surface area is 168 Å². The van der Waals surface area contributed by atoms with Gasteiger partial charge in [0.1, 0.15) is 0 Å². The van der Waals surface area contributed by atoms with E-state index >= 15 is 0 Å². The summed E-state index contributed by atoms with van der Waals surface area (Å²) >= 11 is 0. The molecule has 2 aliphatic carbocycles. The van der Waals surface area contributed by atoms with E-state index in [9.17, 15) is 0 Å². The summed E-state index contributed by atoms with van der Waals surface area (Å²) in [4.78, 5) is 0. The Kier molecular flexibility index (Phi) is 9.52. The largest absolute Gasteiger partial charge is 0.0621 e. The van der Waals surface area contributed by atoms with Crippen LogP contribution < -0.4 is 0 Å². The van der Waals surface area contributed by atoms with Gasteiger partial charge in [0.15, 0.2) is 0 Å². The zero-order chi connectivity index (χ0) is 18.6. The fourth-order valence-electron chi connectivity index (χ4n) is 5.20. The van der Waals surface area contributed by atoms with Crippen LogP contribution in [-0.4, -0.2) is 0 Å². The van der Waals surface area contributed by atoms with Crippen molar-refractivity contribution in [1.82, 2.24) is 0 Å². The van der Waals surface area contributed by atoms with Crippen molar-refractivity contribution in [2.24, 2.45) is 0 Å². The summed E-state index contributed by atoms with van der Waals surface area (Å²) in [5.41, 5.74) is 4.87. The SMILES string of the molecule is C1=C2CCCCCCCCCCCCCCCCCCC2c2ccccc21. The van der Waals surface area contributed by atoms with Crippen molar-refractivity contribution in [3.8, 4) is 0 Å². The van der Waals surface area contributed by atoms with Crippen LogP contribution in [0.3, 0.4) is 0 Å². The van der Waals surface area contributed by atoms with E-state index in [2.05, 4.69) is 30.3 Å². The lowest BCUT2D eigenvalue weighted by atomic mass is 9.87. The Bertz CT molecular complexity index is 553. The second kappa shape index (κ2) is 12.4. The fraction of sp³-hybridized carbons (Fsp3) is 0.704. The molecule has 27 heavy (non-hydrogen) atoms. The summed E-state index contributed by atoms with van der Waals surface area (Å²) in [6, 6.07) is 9.17. The maximum Gasteiger partial charge on any atom is 0.00574 e. The van der Waals surface area contributed by atoms with E-state index in [1.807, 2.05) is 0 Å². The van der Waals surface area contributed by atoms with Crippen LogP contribution in [0.2, 0.25) is 0 Å². The third kappa shape index (κ3) is 7.13. The Morgan fingerprint density at radius 2 is 1.00 bits per heavy atom. The summed E-state index contributed by atoms with van der Waals surface area (Å²) < 4.78 is 0. The molecule has 0 radical (unpaired) electrons. The molecule has 0 nitrogen and oxygen atoms in total. The molecular weight excluding hydrogens is 324 g/mol. The Hall–Kier alpha value is -1.04. The summed E-state index contributed by atoms with van der Waals surface area (Å²) in [5, 5.41) is 0. The average Bonchev–Trinajstić information content (AvgIpc) is 3.04. The van der Waals surface area contributed by atoms with Crippen molar-refractivity contribution >= 4 is 6.08 Å². The Morgan fingerprint density at radius 3 is 1.59 bits per heavy atom. The highest BCUT2D eigenvalue weighted by Crippen LogP contribution is 2.41. The monoisotopic (exact) mass is 366 g/mol. The number of hydrogen-bond acceptors (Lipinski definition) is 0. The topological polar surface area (TPSA) is 0 Å². The number of hydrogen-bond donors (Lipinski definition) is 0. The molecule has 0 saturated heterocycles. The molecule has 1 saturated carbocycles. The molecule has 0 heteroatoms. The van der Waals surface area contributed by atoms with Gasteiger partial charge >= 0.3 is 0 Å². The van der Waals surface area contributed by atoms with E-state index in [4.69, 9.17) is 0 Å². The second-order valence-electron chi connectivity index (χ2n) is 9.10. The van der Waals surface area contributed by atoms with Crippen LogP contribution in [0.25, 0.3) is 6.08 Å². The molecule has 1 aromatic carbocycles. The lowest BCUT2D eigenvalue weighted by Crippen LogP contribution is -2.00. The van der Waals surface area contributed by atoms with E-state index < -0.39 is 0 Å². The van der Waals surface area contributed by atoms with Crippen LogP contribution in [0.15, 0.2) is 29.8 Å². The maximum absolute atomic E-state index is 2.53. The molecule has 2 aliphatic rings. The van der Waals surface area contributed by atoms with E-state index in [0.29, 0.717) is 0 Å². The van der Waals surface area contributed by atoms with Gasteiger partial charge in [0.2, 0.25) is 0 Å². The first kappa shape index (κ1) is 20.7. The quantitative estimate of drug-likeness (QED) is 0.429. The van der Waals surface area contributed by atoms with Gasteiger partial charge in [-0.05, 0) is 30.4 Å². The van der Waals surface area contributed by atoms with Crippen molar-refractivity contribution in [2.45, 2.75) is 121 Å². The Balaban J connectivity index is 1.50. The van der Waals surface area contributed by atoms with Crippen LogP contribution in [-0.2, 0) is 0 Å². The molecular formula is C27H42. The fourth-order valence-corrected chi connectivity index (χ4v) is 5.20. The van der Waals surface area contributed by atoms with Crippen molar-refractivity contribution in [3.63, 3.8) is 0 Å². The molecule has 0 spiro atoms. The van der Waals surface area contributed by atoms with Crippen LogP contribution in [0.4, 0.5) is 0 Å². The normalized spacial score (nSPS) is 24.4. The van der Waals surface area contributed by atoms with E-state index in [1.165, 1.54) is 121 Å². The predicted molar refractivity (Wildman–Crippen MR) is 120 cm³/mol. The first-order valence-electron chi connectivity index (χ1n) is 12.2. The van der Waals surface area contributed by atoms with Gasteiger partial charge in [-0.3, -0.25) is 0 Å². The van der Waals surface area contributed by atoms with Gasteiger partial charge in [0.05, 0.1) is 0 Å². The number of allylic oxidation sites excluding steroid dienone is 1. The minimum Gasteiger partial charge on any atom is -0.0621 e. The van der Waals surface area contributed by atoms with Gasteiger partial charge in [-0.15, -0.1) is 0 Å². The van der Waals surface area contributed by atoms with Crippen molar-refractivity contribution in [3.05, 3.63) is 41.0 Å². The Morgan fingerprint density at radius 1 is 0.519 bits per heavy atom. The van der Waals surface area contributed by atoms with Crippen LogP contribution in [0.1, 0.15) is 133 Å². The molecule has 1 aromatic rings. The van der Waals surface area contributed by atoms with Crippen LogP contribution in [0, 0.1) is 0 Å². The first-order chi connectivity index (χ1) is 13.4. The van der Waals surface area contributed by atoms with Crippen molar-refractivity contribution < 1.29 is 0 Å². The standard InChI is InChI=1S/C27H42/c1-2-4-6-8-10-12-14-16-21-26-24(19-15-13-11-9-7-5-3-1)23-25-20-17-18-22-27(25)26/h17-18,20,22-23,26H,1-16,19,21H2. The highest BCUT2D eigenvalue weighted by atomic mass is 14.3. The van der Waals surface area contributed by atoms with Gasteiger partial charge in [0, 0.05) is 5.92 Å². The molecule has 1 atom stereocenters. The van der Waals surface area contributed by atoms with E-state index in [-0.39, 0.29) is 0 Å². The van der Waals surface area contributed by atoms with Gasteiger partial charge in [0.25, 0.3) is 0 Å². The maximum atomic E-state index is 2.53. The molecule has 0 aromatic heterocycles. The lowest BCUT2D eigenvalue weighted by molar-refractivity contribution is 0.514. The van der Waals surface area contributed by atoms with Gasteiger partial charge in [-0.25, -0.2) is 0 Å². The lowest BCUT2D eigenvalue weighted by Gasteiger charge is -2.17. The highest BCUT2D eigenvalue weighted by molar-refractivity contribution is 5.66. The molecule has 0 N–H and O–H groups in total. The summed E-state index contributed by atoms with van der Waals surface area (Å²) in [7, 11) is 0. The van der Waals surface area contributed by atoms with Gasteiger partial charge < -0.3 is 0 Å². The predicted octanol–water partition coefficient (Wildman–Crippen LogP) is 9.20. The van der Waals surface area contributed by atoms with Crippen LogP contribution >= 0.6 is 0 Å². The second-order valence-corrected chi connectivity index (χ2v) is 9.10. The number of fused-ring (bicyclic) bond motifs is 3. The van der Waals surface area contributed by atoms with Gasteiger partial charge in [-0.2, -0.15) is 0 Å². The molecule has 0 heterocycles. The summed E-state index contributed by atoms with van der Waals surface area (Å²) in [5.74, 6) is 0.729. The van der Waals surface area contributed by atoms with Crippen LogP contribution in [0.5, 0.6) is 0 Å². The third-order valence-corrected chi connectivity index (χ3v) is 6.87. The van der Waals surface area contributed by atoms with Crippen molar-refractivity contribution in [1.29, 1.82) is 0 Å². The third-order valence-electron chi connectivity index (χ3n) is 6.87. The van der Waals surface area contributed by atoms with E-state index in [1.54, 1.807) is 11.1 Å². The van der Waals surface area contributed by atoms with E-state index in [0.717, 1.165) is 5.92 Å². The average molecular weight is 367 g/mol. The minimum absolute atomic E-state index is 0.729. The van der Waals surface area contributed by atoms with Gasteiger partial charge in [-0.1, -0.05) is 132 Å². The molecule has 150 valence electrons. The zero-order valence-corrected chi connectivity index (χ0v) is 17.7. The summed E-state index contributed by atoms with van der Waals surface area (Å²) in [6.45, 7) is 0. The molecule has 3 rings (SSSR count). The molecule has 0 amide bonds. The molecule has 1 unspecified atom stereocenters. The first-order valence-corrected chi connectivity index (χ1v) is 12.2. The molecule has 0 bridgehead atoms. The number of rotatable bonds is 0. The molecule has 0 aliphatic heterocycles. The highest BCUT2D eigenvalue weighted by Gasteiger charge is 2.23. The number of benzene rings is 1. The zero-order valence-electron chi connectivity index (χ0n) is 17.7. The smallest absolute Gasteiger partial charge is 0.00574 e. The molecule has 1 fully saturated rings. The van der Waals surface area contributed by atoms with Crippen molar-refractivity contribution in [2.75, 3.05) is 0 Å². The summed E-state index contributed by atoms with van der Waals surface area (Å²) in [6.07, 6.45) is 28.6. The minimum atomic E-state index is 0.729.